The minimum Gasteiger partial charge on any atom is -0.465 e. The number of benzene rings is 2. The van der Waals surface area contributed by atoms with Crippen LogP contribution in [0, 0.1) is 33.1 Å². The molecule has 0 saturated carbocycles. The average molecular weight is 675 g/mol. The van der Waals surface area contributed by atoms with Gasteiger partial charge in [-0.25, -0.2) is 9.59 Å². The Morgan fingerprint density at radius 1 is 0.842 bits per heavy atom. The third kappa shape index (κ3) is 11.4. The van der Waals surface area contributed by atoms with Crippen LogP contribution in [0.2, 0.25) is 0 Å². The Labute approximate surface area is 250 Å². The zero-order chi connectivity index (χ0) is 29.4. The first kappa shape index (κ1) is 36.0. The second-order valence-electron chi connectivity index (χ2n) is 8.16. The fourth-order valence-electron chi connectivity index (χ4n) is 3.49. The quantitative estimate of drug-likeness (QED) is 0.0965. The third-order valence-electron chi connectivity index (χ3n) is 5.49. The van der Waals surface area contributed by atoms with Crippen molar-refractivity contribution in [3.63, 3.8) is 0 Å². The van der Waals surface area contributed by atoms with Crippen LogP contribution in [0.15, 0.2) is 24.3 Å². The summed E-state index contributed by atoms with van der Waals surface area (Å²) in [6.45, 7) is 9.56. The number of halogens is 1. The largest absolute Gasteiger partial charge is 0.465 e. The molecule has 0 bridgehead atoms. The fraction of sp³-hybridized carbons (Fsp3) is 0.429. The lowest BCUT2D eigenvalue weighted by atomic mass is 10.00. The summed E-state index contributed by atoms with van der Waals surface area (Å²) in [6.07, 6.45) is 4.40. The van der Waals surface area contributed by atoms with Gasteiger partial charge in [-0.3, -0.25) is 5.41 Å². The lowest BCUT2D eigenvalue weighted by Crippen LogP contribution is -2.14. The number of carbonyl (C=O) groups is 2. The average Bonchev–Trinajstić information content (AvgIpc) is 3.49. The number of thiocarbonyl (C=S) groups is 1. The number of hydrogen-bond acceptors (Lipinski definition) is 8. The molecule has 1 aliphatic heterocycles. The SMILES string of the molecule is C1CCOC1.CI.COC(=O)c1cc(C(=N)SC)c(C)cc1C.COC(=O)c1cc(C(N)=S)c(C)cc1C. The number of nitrogens with two attached hydrogens (primary N) is 1. The highest BCUT2D eigenvalue weighted by molar-refractivity contribution is 14.1. The molecule has 0 unspecified atom stereocenters. The molecule has 2 aromatic carbocycles. The topological polar surface area (TPSA) is 112 Å². The minimum absolute atomic E-state index is 0.289. The van der Waals surface area contributed by atoms with Crippen LogP contribution < -0.4 is 5.73 Å². The van der Waals surface area contributed by atoms with E-state index in [4.69, 9.17) is 32.8 Å². The first-order chi connectivity index (χ1) is 18.0. The maximum Gasteiger partial charge on any atom is 0.338 e. The molecule has 1 saturated heterocycles. The summed E-state index contributed by atoms with van der Waals surface area (Å²) < 4.78 is 14.3. The Balaban J connectivity index is 0.000000577. The molecule has 10 heteroatoms. The molecule has 210 valence electrons. The van der Waals surface area contributed by atoms with Gasteiger partial charge >= 0.3 is 11.9 Å². The molecule has 3 N–H and O–H groups in total. The van der Waals surface area contributed by atoms with Crippen molar-refractivity contribution in [3.8, 4) is 0 Å². The van der Waals surface area contributed by atoms with Gasteiger partial charge in [0.25, 0.3) is 0 Å². The number of hydrogen-bond donors (Lipinski definition) is 2. The predicted octanol–water partition coefficient (Wildman–Crippen LogP) is 6.35. The highest BCUT2D eigenvalue weighted by Crippen LogP contribution is 2.20. The van der Waals surface area contributed by atoms with E-state index in [0.29, 0.717) is 16.2 Å². The maximum absolute atomic E-state index is 11.5. The van der Waals surface area contributed by atoms with Gasteiger partial charge in [0.15, 0.2) is 0 Å². The highest BCUT2D eigenvalue weighted by Gasteiger charge is 2.14. The van der Waals surface area contributed by atoms with Crippen LogP contribution in [0.5, 0.6) is 0 Å². The maximum atomic E-state index is 11.5. The number of ether oxygens (including phenoxy) is 3. The van der Waals surface area contributed by atoms with E-state index in [-0.39, 0.29) is 16.9 Å². The Morgan fingerprint density at radius 2 is 1.21 bits per heavy atom. The number of thioether (sulfide) groups is 1. The summed E-state index contributed by atoms with van der Waals surface area (Å²) in [7, 11) is 2.71. The molecule has 1 heterocycles. The molecular weight excluding hydrogens is 635 g/mol. The van der Waals surface area contributed by atoms with E-state index in [1.807, 2.05) is 51.0 Å². The monoisotopic (exact) mass is 674 g/mol. The van der Waals surface area contributed by atoms with E-state index >= 15 is 0 Å². The first-order valence-corrected chi connectivity index (χ1v) is 15.5. The minimum atomic E-state index is -0.370. The van der Waals surface area contributed by atoms with E-state index in [2.05, 4.69) is 27.3 Å². The van der Waals surface area contributed by atoms with Gasteiger partial charge in [0.1, 0.15) is 4.99 Å². The molecule has 0 spiro atoms. The van der Waals surface area contributed by atoms with Gasteiger partial charge < -0.3 is 19.9 Å². The predicted molar refractivity (Wildman–Crippen MR) is 171 cm³/mol. The molecule has 1 fully saturated rings. The van der Waals surface area contributed by atoms with Gasteiger partial charge in [-0.1, -0.05) is 46.9 Å². The van der Waals surface area contributed by atoms with E-state index in [9.17, 15) is 9.59 Å². The van der Waals surface area contributed by atoms with E-state index < -0.39 is 0 Å². The van der Waals surface area contributed by atoms with Crippen molar-refractivity contribution in [1.29, 1.82) is 5.41 Å². The molecule has 2 aromatic rings. The summed E-state index contributed by atoms with van der Waals surface area (Å²) in [4.78, 5) is 25.2. The molecule has 0 aliphatic carbocycles. The van der Waals surface area contributed by atoms with Crippen LogP contribution in [0.1, 0.15) is 66.9 Å². The standard InChI is InChI=1S/C12H15NO2S.C11H13NO2S.C4H8O.CH3I/c1-7-5-8(2)10(12(14)15-3)6-9(7)11(13)16-4;1-6-4-7(2)9(11(13)14-3)5-8(6)10(12)15;1-2-4-5-3-1;1-2/h5-6,13H,1-4H3;4-5H,1-3H3,(H2,12,15);1-4H2;1H3. The lowest BCUT2D eigenvalue weighted by molar-refractivity contribution is 0.0591. The van der Waals surface area contributed by atoms with E-state index in [0.717, 1.165) is 46.6 Å². The van der Waals surface area contributed by atoms with Gasteiger partial charge in [0.2, 0.25) is 0 Å². The fourth-order valence-corrected chi connectivity index (χ4v) is 4.15. The lowest BCUT2D eigenvalue weighted by Gasteiger charge is -2.10. The van der Waals surface area contributed by atoms with Crippen molar-refractivity contribution < 1.29 is 23.8 Å². The smallest absolute Gasteiger partial charge is 0.338 e. The Hall–Kier alpha value is -2.02. The second kappa shape index (κ2) is 19.1. The van der Waals surface area contributed by atoms with Gasteiger partial charge in [-0.15, -0.1) is 11.8 Å². The van der Waals surface area contributed by atoms with E-state index in [1.165, 1.54) is 38.8 Å². The molecule has 3 rings (SSSR count). The van der Waals surface area contributed by atoms with Crippen LogP contribution in [0.4, 0.5) is 0 Å². The number of esters is 2. The van der Waals surface area contributed by atoms with Crippen LogP contribution in [-0.2, 0) is 14.2 Å². The number of alkyl halides is 1. The number of rotatable bonds is 4. The molecule has 0 amide bonds. The van der Waals surface area contributed by atoms with Crippen molar-refractivity contribution >= 4 is 68.5 Å². The molecule has 0 aromatic heterocycles. The van der Waals surface area contributed by atoms with Crippen molar-refractivity contribution in [2.24, 2.45) is 5.73 Å². The normalized spacial score (nSPS) is 11.4. The summed E-state index contributed by atoms with van der Waals surface area (Å²) in [5.41, 5.74) is 11.8. The molecule has 7 nitrogen and oxygen atoms in total. The van der Waals surface area contributed by atoms with Crippen LogP contribution in [-0.4, -0.2) is 60.6 Å². The third-order valence-corrected chi connectivity index (χ3v) is 6.34. The second-order valence-corrected chi connectivity index (χ2v) is 9.42. The van der Waals surface area contributed by atoms with Crippen molar-refractivity contribution in [1.82, 2.24) is 0 Å². The Bertz CT molecular complexity index is 1070. The molecule has 38 heavy (non-hydrogen) atoms. The van der Waals surface area contributed by atoms with Crippen molar-refractivity contribution in [2.45, 2.75) is 40.5 Å². The number of methoxy groups -OCH3 is 2. The first-order valence-electron chi connectivity index (χ1n) is 11.8. The van der Waals surface area contributed by atoms with Gasteiger partial charge in [0, 0.05) is 24.3 Å². The molecule has 1 aliphatic rings. The summed E-state index contributed by atoms with van der Waals surface area (Å²) in [5, 5.41) is 8.26. The zero-order valence-corrected chi connectivity index (χ0v) is 27.2. The van der Waals surface area contributed by atoms with E-state index in [1.54, 1.807) is 12.1 Å². The van der Waals surface area contributed by atoms with Crippen LogP contribution in [0.3, 0.4) is 0 Å². The summed E-state index contributed by atoms with van der Waals surface area (Å²) >= 11 is 8.41. The van der Waals surface area contributed by atoms with Gasteiger partial charge in [-0.05, 0) is 86.1 Å². The van der Waals surface area contributed by atoms with Crippen LogP contribution in [0.25, 0.3) is 0 Å². The molecular formula is C28H39IN2O5S2. The Morgan fingerprint density at radius 3 is 1.53 bits per heavy atom. The number of carbonyl (C=O) groups excluding carboxylic acids is 2. The van der Waals surface area contributed by atoms with Gasteiger partial charge in [0.05, 0.1) is 30.4 Å². The zero-order valence-electron chi connectivity index (χ0n) is 23.5. The number of aryl methyl sites for hydroxylation is 4. The highest BCUT2D eigenvalue weighted by atomic mass is 127. The molecule has 0 radical (unpaired) electrons. The molecule has 0 atom stereocenters. The van der Waals surface area contributed by atoms with Crippen molar-refractivity contribution in [2.75, 3.05) is 38.6 Å². The summed E-state index contributed by atoms with van der Waals surface area (Å²) in [6, 6.07) is 7.20. The summed E-state index contributed by atoms with van der Waals surface area (Å²) in [5.74, 6) is -0.724. The van der Waals surface area contributed by atoms with Crippen LogP contribution >= 0.6 is 46.6 Å². The number of nitrogens with one attached hydrogen (secondary N) is 1. The Kier molecular flexibility index (Phi) is 18.1. The van der Waals surface area contributed by atoms with Gasteiger partial charge in [-0.2, -0.15) is 0 Å². The van der Waals surface area contributed by atoms with Crippen molar-refractivity contribution in [3.05, 3.63) is 68.8 Å².